The van der Waals surface area contributed by atoms with Gasteiger partial charge in [0.15, 0.2) is 5.82 Å². The number of hydrogen-bond donors (Lipinski definition) is 4. The fourth-order valence-electron chi connectivity index (χ4n) is 3.57. The maximum Gasteiger partial charge on any atom is 0.407 e. The van der Waals surface area contributed by atoms with Crippen molar-refractivity contribution in [2.45, 2.75) is 52.5 Å². The highest BCUT2D eigenvalue weighted by Crippen LogP contribution is 2.38. The second kappa shape index (κ2) is 12.2. The summed E-state index contributed by atoms with van der Waals surface area (Å²) in [7, 11) is -2.49. The molecule has 2 heterocycles. The Labute approximate surface area is 232 Å². The summed E-state index contributed by atoms with van der Waals surface area (Å²) in [6.45, 7) is 9.64. The van der Waals surface area contributed by atoms with Gasteiger partial charge in [-0.15, -0.1) is 0 Å². The number of rotatable bonds is 10. The van der Waals surface area contributed by atoms with Crippen molar-refractivity contribution >= 4 is 39.4 Å². The van der Waals surface area contributed by atoms with Gasteiger partial charge in [0.05, 0.1) is 29.9 Å². The van der Waals surface area contributed by atoms with Crippen LogP contribution in [-0.4, -0.2) is 59.9 Å². The van der Waals surface area contributed by atoms with Gasteiger partial charge in [0.2, 0.25) is 16.0 Å². The highest BCUT2D eigenvalue weighted by Gasteiger charge is 2.26. The summed E-state index contributed by atoms with van der Waals surface area (Å²) in [6.07, 6.45) is 1.34. The van der Waals surface area contributed by atoms with Gasteiger partial charge < -0.3 is 20.4 Å². The smallest absolute Gasteiger partial charge is 0.407 e. The summed E-state index contributed by atoms with van der Waals surface area (Å²) in [5.74, 6) is -0.157. The number of amides is 1. The lowest BCUT2D eigenvalue weighted by molar-refractivity contribution is 0.168. The minimum absolute atomic E-state index is 0.00229. The quantitative estimate of drug-likeness (QED) is 0.263. The van der Waals surface area contributed by atoms with Crippen molar-refractivity contribution in [2.75, 3.05) is 29.4 Å². The van der Waals surface area contributed by atoms with Crippen molar-refractivity contribution in [2.24, 2.45) is 0 Å². The molecular weight excluding hydrogens is 549 g/mol. The Morgan fingerprint density at radius 3 is 2.62 bits per heavy atom. The Hall–Kier alpha value is -3.45. The summed E-state index contributed by atoms with van der Waals surface area (Å²) >= 11 is 6.30. The second-order valence-electron chi connectivity index (χ2n) is 9.98. The van der Waals surface area contributed by atoms with Crippen LogP contribution in [0.15, 0.2) is 24.4 Å². The first kappa shape index (κ1) is 30.1. The lowest BCUT2D eigenvalue weighted by Crippen LogP contribution is -2.37. The van der Waals surface area contributed by atoms with E-state index in [2.05, 4.69) is 40.0 Å². The molecule has 0 unspecified atom stereocenters. The summed E-state index contributed by atoms with van der Waals surface area (Å²) in [6, 6.07) is 3.97. The largest absolute Gasteiger partial charge is 0.453 e. The molecule has 1 amide bonds. The number of methoxy groups -OCH3 is 1. The van der Waals surface area contributed by atoms with E-state index in [1.165, 1.54) is 25.4 Å². The zero-order chi connectivity index (χ0) is 29.0. The van der Waals surface area contributed by atoms with Crippen LogP contribution in [0, 0.1) is 5.82 Å². The molecule has 0 saturated carbocycles. The van der Waals surface area contributed by atoms with Crippen LogP contribution >= 0.6 is 11.6 Å². The monoisotopic (exact) mass is 581 g/mol. The third kappa shape index (κ3) is 7.79. The van der Waals surface area contributed by atoms with Crippen molar-refractivity contribution < 1.29 is 22.3 Å². The van der Waals surface area contributed by atoms with Gasteiger partial charge >= 0.3 is 6.09 Å². The van der Waals surface area contributed by atoms with Crippen LogP contribution in [0.25, 0.3) is 22.6 Å². The zero-order valence-corrected chi connectivity index (χ0v) is 24.2. The van der Waals surface area contributed by atoms with E-state index < -0.39 is 27.3 Å². The summed E-state index contributed by atoms with van der Waals surface area (Å²) in [5.41, 5.74) is 0.315. The maximum atomic E-state index is 15.8. The number of nitrogens with one attached hydrogen (secondary N) is 4. The van der Waals surface area contributed by atoms with Crippen LogP contribution < -0.4 is 15.4 Å². The lowest BCUT2D eigenvalue weighted by Gasteiger charge is -2.14. The molecule has 0 saturated heterocycles. The molecule has 4 N–H and O–H groups in total. The molecule has 1 atom stereocenters. The average Bonchev–Trinajstić information content (AvgIpc) is 3.30. The molecule has 0 aliphatic rings. The number of imidazole rings is 1. The number of carbonyl (C=O) groups is 1. The Morgan fingerprint density at radius 1 is 1.26 bits per heavy atom. The van der Waals surface area contributed by atoms with Crippen molar-refractivity contribution in [1.29, 1.82) is 0 Å². The molecule has 39 heavy (non-hydrogen) atoms. The van der Waals surface area contributed by atoms with E-state index in [1.54, 1.807) is 19.9 Å². The molecular formula is C25H33ClFN7O4S. The van der Waals surface area contributed by atoms with Crippen LogP contribution in [0.1, 0.15) is 46.9 Å². The predicted molar refractivity (Wildman–Crippen MR) is 150 cm³/mol. The average molecular weight is 582 g/mol. The number of anilines is 2. The van der Waals surface area contributed by atoms with Gasteiger partial charge in [-0.25, -0.2) is 32.6 Å². The van der Waals surface area contributed by atoms with E-state index in [0.29, 0.717) is 30.2 Å². The van der Waals surface area contributed by atoms with Crippen LogP contribution in [0.3, 0.4) is 0 Å². The van der Waals surface area contributed by atoms with Crippen LogP contribution in [0.4, 0.5) is 20.8 Å². The number of nitrogens with zero attached hydrogens (tertiary/aromatic N) is 3. The number of hydrogen-bond acceptors (Lipinski definition) is 8. The van der Waals surface area contributed by atoms with Gasteiger partial charge in [-0.2, -0.15) is 0 Å². The van der Waals surface area contributed by atoms with E-state index >= 15 is 4.39 Å². The minimum Gasteiger partial charge on any atom is -0.453 e. The number of aromatic nitrogens is 4. The number of carbonyl (C=O) groups excluding carboxylic acids is 1. The first-order valence-electron chi connectivity index (χ1n) is 12.3. The van der Waals surface area contributed by atoms with Gasteiger partial charge in [-0.05, 0) is 31.5 Å². The predicted octanol–water partition coefficient (Wildman–Crippen LogP) is 4.93. The molecule has 0 spiro atoms. The zero-order valence-electron chi connectivity index (χ0n) is 22.6. The third-order valence-corrected chi connectivity index (χ3v) is 7.17. The molecule has 0 aliphatic carbocycles. The molecule has 11 nitrogen and oxygen atoms in total. The van der Waals surface area contributed by atoms with Gasteiger partial charge in [0.25, 0.3) is 0 Å². The highest BCUT2D eigenvalue weighted by atomic mass is 35.5. The van der Waals surface area contributed by atoms with Crippen molar-refractivity contribution in [3.05, 3.63) is 41.1 Å². The summed E-state index contributed by atoms with van der Waals surface area (Å²) < 4.78 is 47.4. The lowest BCUT2D eigenvalue weighted by atomic mass is 9.96. The van der Waals surface area contributed by atoms with Crippen LogP contribution in [-0.2, 0) is 20.2 Å². The van der Waals surface area contributed by atoms with Crippen molar-refractivity contribution in [1.82, 2.24) is 25.3 Å². The molecule has 1 aromatic carbocycles. The molecule has 0 radical (unpaired) electrons. The molecule has 0 aliphatic heterocycles. The number of aromatic amines is 1. The topological polar surface area (TPSA) is 151 Å². The highest BCUT2D eigenvalue weighted by molar-refractivity contribution is 7.92. The fraction of sp³-hybridized carbons (Fsp3) is 0.440. The van der Waals surface area contributed by atoms with Gasteiger partial charge in [-0.3, -0.25) is 4.72 Å². The Morgan fingerprint density at radius 2 is 1.97 bits per heavy atom. The first-order valence-corrected chi connectivity index (χ1v) is 14.3. The summed E-state index contributed by atoms with van der Waals surface area (Å²) in [5, 5.41) is 5.82. The number of H-pyrrole nitrogens is 1. The second-order valence-corrected chi connectivity index (χ2v) is 12.3. The minimum atomic E-state index is -3.77. The standard InChI is InChI=1S/C25H33ClFN7O4S/c1-7-10-39(36,37)34-18-12-15(26)11-16(19(18)27)20-21(33-22(32-20)25(3,4)5)17-8-9-28-23(31-17)29-13-14(2)30-24(35)38-6/h8-9,11-12,14,34H,7,10,13H2,1-6H3,(H,30,35)(H,32,33)(H,28,29,31)/t14-/m0/s1. The van der Waals surface area contributed by atoms with Crippen LogP contribution in [0.5, 0.6) is 0 Å². The third-order valence-electron chi connectivity index (χ3n) is 5.47. The normalized spacial score (nSPS) is 12.6. The van der Waals surface area contributed by atoms with E-state index in [9.17, 15) is 13.2 Å². The van der Waals surface area contributed by atoms with E-state index in [-0.39, 0.29) is 39.7 Å². The van der Waals surface area contributed by atoms with Crippen molar-refractivity contribution in [3.8, 4) is 22.6 Å². The Kier molecular flexibility index (Phi) is 9.38. The molecule has 212 valence electrons. The number of ether oxygens (including phenoxy) is 1. The Bertz CT molecular complexity index is 1440. The van der Waals surface area contributed by atoms with Gasteiger partial charge in [-0.1, -0.05) is 39.3 Å². The Balaban J connectivity index is 2.06. The molecule has 0 fully saturated rings. The number of sulfonamides is 1. The molecule has 3 aromatic rings. The van der Waals surface area contributed by atoms with Crippen LogP contribution in [0.2, 0.25) is 5.02 Å². The summed E-state index contributed by atoms with van der Waals surface area (Å²) in [4.78, 5) is 28.1. The van der Waals surface area contributed by atoms with Gasteiger partial charge in [0.1, 0.15) is 11.5 Å². The fourth-order valence-corrected chi connectivity index (χ4v) is 4.91. The maximum absolute atomic E-state index is 15.8. The number of alkyl carbamates (subject to hydrolysis) is 1. The van der Waals surface area contributed by atoms with E-state index in [4.69, 9.17) is 11.6 Å². The SMILES string of the molecule is CCCS(=O)(=O)Nc1cc(Cl)cc(-c2nc(C(C)(C)C)[nH]c2-c2ccnc(NC[C@H](C)NC(=O)OC)n2)c1F. The van der Waals surface area contributed by atoms with E-state index in [1.807, 2.05) is 20.8 Å². The molecule has 0 bridgehead atoms. The molecule has 14 heteroatoms. The van der Waals surface area contributed by atoms with Gasteiger partial charge in [0, 0.05) is 34.8 Å². The number of benzene rings is 1. The number of halogens is 2. The molecule has 2 aromatic heterocycles. The molecule has 3 rings (SSSR count). The van der Waals surface area contributed by atoms with Crippen molar-refractivity contribution in [3.63, 3.8) is 0 Å². The van der Waals surface area contributed by atoms with E-state index in [0.717, 1.165) is 0 Å². The first-order chi connectivity index (χ1) is 18.2.